The molecule has 2 rings (SSSR count). The zero-order valence-electron chi connectivity index (χ0n) is 11.7. The number of Topliss-reactive ketones (excluding diaryl/α,β-unsaturated/α-hetero) is 1. The van der Waals surface area contributed by atoms with Crippen LogP contribution in [0, 0.1) is 5.92 Å². The first-order chi connectivity index (χ1) is 9.20. The molecule has 1 saturated carbocycles. The van der Waals surface area contributed by atoms with Crippen LogP contribution in [-0.4, -0.2) is 38.7 Å². The first kappa shape index (κ1) is 14.1. The van der Waals surface area contributed by atoms with Crippen molar-refractivity contribution in [2.75, 3.05) is 6.61 Å². The second kappa shape index (κ2) is 6.75. The minimum atomic E-state index is -0.297. The minimum Gasteiger partial charge on any atom is -0.370 e. The highest BCUT2D eigenvalue weighted by molar-refractivity contribution is 5.84. The minimum absolute atomic E-state index is 0.0850. The van der Waals surface area contributed by atoms with Gasteiger partial charge in [-0.3, -0.25) is 4.79 Å². The van der Waals surface area contributed by atoms with Crippen LogP contribution in [0.4, 0.5) is 0 Å². The van der Waals surface area contributed by atoms with E-state index in [1.54, 1.807) is 7.05 Å². The van der Waals surface area contributed by atoms with Crippen LogP contribution in [-0.2, 0) is 23.0 Å². The third-order valence-corrected chi connectivity index (χ3v) is 3.62. The molecule has 1 fully saturated rings. The van der Waals surface area contributed by atoms with Crippen LogP contribution in [0.3, 0.4) is 0 Å². The van der Waals surface area contributed by atoms with Gasteiger partial charge in [-0.1, -0.05) is 19.3 Å². The fourth-order valence-electron chi connectivity index (χ4n) is 2.76. The van der Waals surface area contributed by atoms with Crippen molar-refractivity contribution in [3.8, 4) is 0 Å². The van der Waals surface area contributed by atoms with E-state index >= 15 is 0 Å². The lowest BCUT2D eigenvalue weighted by atomic mass is 9.83. The van der Waals surface area contributed by atoms with Gasteiger partial charge in [-0.2, -0.15) is 4.80 Å². The molecule has 0 amide bonds. The molecule has 0 spiro atoms. The average molecular weight is 266 g/mol. The van der Waals surface area contributed by atoms with E-state index in [9.17, 15) is 4.79 Å². The summed E-state index contributed by atoms with van der Waals surface area (Å²) in [6, 6.07) is 0. The molecule has 1 atom stereocenters. The quantitative estimate of drug-likeness (QED) is 0.776. The standard InChI is InChI=1S/C13H22N4O2/c1-3-19-13(10-7-5-4-6-8-10)11(18)9-12-14-16-17(2)15-12/h10,13H,3-9H2,1-2H3. The zero-order valence-corrected chi connectivity index (χ0v) is 11.7. The Labute approximate surface area is 113 Å². The molecule has 0 bridgehead atoms. The summed E-state index contributed by atoms with van der Waals surface area (Å²) in [5, 5.41) is 11.7. The van der Waals surface area contributed by atoms with E-state index in [0.717, 1.165) is 12.8 Å². The van der Waals surface area contributed by atoms with Crippen molar-refractivity contribution < 1.29 is 9.53 Å². The summed E-state index contributed by atoms with van der Waals surface area (Å²) < 4.78 is 5.69. The molecular formula is C13H22N4O2. The molecule has 1 unspecified atom stereocenters. The summed E-state index contributed by atoms with van der Waals surface area (Å²) in [6.45, 7) is 2.50. The van der Waals surface area contributed by atoms with Crippen molar-refractivity contribution in [2.24, 2.45) is 13.0 Å². The Morgan fingerprint density at radius 1 is 1.42 bits per heavy atom. The van der Waals surface area contributed by atoms with Gasteiger partial charge in [0.1, 0.15) is 6.10 Å². The Bertz CT molecular complexity index is 413. The lowest BCUT2D eigenvalue weighted by molar-refractivity contribution is -0.134. The maximum Gasteiger partial charge on any atom is 0.182 e. The van der Waals surface area contributed by atoms with Gasteiger partial charge in [0, 0.05) is 6.61 Å². The van der Waals surface area contributed by atoms with Crippen LogP contribution in [0.5, 0.6) is 0 Å². The number of ether oxygens (including phenoxy) is 1. The third-order valence-electron chi connectivity index (χ3n) is 3.62. The first-order valence-electron chi connectivity index (χ1n) is 7.08. The number of nitrogens with zero attached hydrogens (tertiary/aromatic N) is 4. The van der Waals surface area contributed by atoms with E-state index in [-0.39, 0.29) is 18.3 Å². The van der Waals surface area contributed by atoms with E-state index in [4.69, 9.17) is 4.74 Å². The number of hydrogen-bond acceptors (Lipinski definition) is 5. The highest BCUT2D eigenvalue weighted by Gasteiger charge is 2.30. The summed E-state index contributed by atoms with van der Waals surface area (Å²) in [6.07, 6.45) is 5.77. The number of ketones is 1. The van der Waals surface area contributed by atoms with E-state index < -0.39 is 0 Å². The molecule has 1 aliphatic carbocycles. The van der Waals surface area contributed by atoms with Crippen molar-refractivity contribution in [3.63, 3.8) is 0 Å². The maximum absolute atomic E-state index is 12.4. The predicted molar refractivity (Wildman–Crippen MR) is 69.5 cm³/mol. The van der Waals surface area contributed by atoms with Crippen molar-refractivity contribution >= 4 is 5.78 Å². The number of rotatable bonds is 6. The molecule has 1 aromatic rings. The summed E-state index contributed by atoms with van der Waals surface area (Å²) >= 11 is 0. The monoisotopic (exact) mass is 266 g/mol. The normalized spacial score (nSPS) is 18.4. The van der Waals surface area contributed by atoms with Gasteiger partial charge in [-0.05, 0) is 30.9 Å². The smallest absolute Gasteiger partial charge is 0.182 e. The van der Waals surface area contributed by atoms with Gasteiger partial charge < -0.3 is 4.74 Å². The van der Waals surface area contributed by atoms with Crippen LogP contribution in [0.15, 0.2) is 0 Å². The SMILES string of the molecule is CCOC(C(=O)Cc1nnn(C)n1)C1CCCCC1. The molecular weight excluding hydrogens is 244 g/mol. The Morgan fingerprint density at radius 2 is 2.16 bits per heavy atom. The number of aromatic nitrogens is 4. The average Bonchev–Trinajstić information content (AvgIpc) is 2.82. The Kier molecular flexibility index (Phi) is 5.01. The van der Waals surface area contributed by atoms with Gasteiger partial charge in [-0.25, -0.2) is 0 Å². The lowest BCUT2D eigenvalue weighted by Gasteiger charge is -2.28. The molecule has 6 heteroatoms. The van der Waals surface area contributed by atoms with Gasteiger partial charge in [0.2, 0.25) is 0 Å². The summed E-state index contributed by atoms with van der Waals surface area (Å²) in [4.78, 5) is 13.7. The summed E-state index contributed by atoms with van der Waals surface area (Å²) in [5.41, 5.74) is 0. The molecule has 0 saturated heterocycles. The topological polar surface area (TPSA) is 69.9 Å². The predicted octanol–water partition coefficient (Wildman–Crippen LogP) is 1.31. The van der Waals surface area contributed by atoms with Gasteiger partial charge in [-0.15, -0.1) is 10.2 Å². The number of aryl methyl sites for hydroxylation is 1. The third kappa shape index (κ3) is 3.83. The Morgan fingerprint density at radius 3 is 2.74 bits per heavy atom. The van der Waals surface area contributed by atoms with Gasteiger partial charge >= 0.3 is 0 Å². The number of tetrazole rings is 1. The van der Waals surface area contributed by atoms with Crippen molar-refractivity contribution in [1.82, 2.24) is 20.2 Å². The maximum atomic E-state index is 12.4. The Hall–Kier alpha value is -1.30. The largest absolute Gasteiger partial charge is 0.370 e. The van der Waals surface area contributed by atoms with E-state index in [1.165, 1.54) is 24.1 Å². The summed E-state index contributed by atoms with van der Waals surface area (Å²) in [5.74, 6) is 0.924. The molecule has 0 aliphatic heterocycles. The molecule has 19 heavy (non-hydrogen) atoms. The molecule has 1 aliphatic rings. The highest BCUT2D eigenvalue weighted by atomic mass is 16.5. The lowest BCUT2D eigenvalue weighted by Crippen LogP contribution is -2.35. The number of carbonyl (C=O) groups is 1. The molecule has 0 radical (unpaired) electrons. The molecule has 106 valence electrons. The van der Waals surface area contributed by atoms with Crippen molar-refractivity contribution in [1.29, 1.82) is 0 Å². The number of carbonyl (C=O) groups excluding carboxylic acids is 1. The molecule has 1 aromatic heterocycles. The van der Waals surface area contributed by atoms with Crippen molar-refractivity contribution in [3.05, 3.63) is 5.82 Å². The fraction of sp³-hybridized carbons (Fsp3) is 0.846. The van der Waals surface area contributed by atoms with Gasteiger partial charge in [0.15, 0.2) is 11.6 Å². The number of hydrogen-bond donors (Lipinski definition) is 0. The van der Waals surface area contributed by atoms with E-state index in [0.29, 0.717) is 18.3 Å². The van der Waals surface area contributed by atoms with E-state index in [1.807, 2.05) is 6.92 Å². The summed E-state index contributed by atoms with van der Waals surface area (Å²) in [7, 11) is 1.70. The van der Waals surface area contributed by atoms with Crippen LogP contribution in [0.2, 0.25) is 0 Å². The van der Waals surface area contributed by atoms with Crippen LogP contribution >= 0.6 is 0 Å². The molecule has 1 heterocycles. The Balaban J connectivity index is 1.98. The second-order valence-corrected chi connectivity index (χ2v) is 5.11. The molecule has 0 aromatic carbocycles. The van der Waals surface area contributed by atoms with E-state index in [2.05, 4.69) is 15.4 Å². The second-order valence-electron chi connectivity index (χ2n) is 5.11. The van der Waals surface area contributed by atoms with Crippen LogP contribution in [0.25, 0.3) is 0 Å². The highest BCUT2D eigenvalue weighted by Crippen LogP contribution is 2.28. The van der Waals surface area contributed by atoms with Gasteiger partial charge in [0.25, 0.3) is 0 Å². The zero-order chi connectivity index (χ0) is 13.7. The fourth-order valence-corrected chi connectivity index (χ4v) is 2.76. The van der Waals surface area contributed by atoms with Crippen molar-refractivity contribution in [2.45, 2.75) is 51.6 Å². The molecule has 6 nitrogen and oxygen atoms in total. The molecule has 0 N–H and O–H groups in total. The van der Waals surface area contributed by atoms with Crippen LogP contribution in [0.1, 0.15) is 44.9 Å². The first-order valence-corrected chi connectivity index (χ1v) is 7.08. The van der Waals surface area contributed by atoms with Crippen LogP contribution < -0.4 is 0 Å². The van der Waals surface area contributed by atoms with Gasteiger partial charge in [0.05, 0.1) is 13.5 Å².